The van der Waals surface area contributed by atoms with Gasteiger partial charge in [-0.2, -0.15) is 13.2 Å². The summed E-state index contributed by atoms with van der Waals surface area (Å²) < 4.78 is 41.0. The predicted molar refractivity (Wildman–Crippen MR) is 58.9 cm³/mol. The zero-order valence-electron chi connectivity index (χ0n) is 9.02. The van der Waals surface area contributed by atoms with E-state index < -0.39 is 12.6 Å². The van der Waals surface area contributed by atoms with Gasteiger partial charge in [-0.1, -0.05) is 11.8 Å². The first-order chi connectivity index (χ1) is 8.54. The van der Waals surface area contributed by atoms with Crippen molar-refractivity contribution in [1.82, 2.24) is 15.2 Å². The highest BCUT2D eigenvalue weighted by Crippen LogP contribution is 2.27. The average molecular weight is 275 g/mol. The maximum Gasteiger partial charge on any atom is 0.389 e. The molecule has 0 saturated carbocycles. The fourth-order valence-electron chi connectivity index (χ4n) is 1.13. The van der Waals surface area contributed by atoms with E-state index in [9.17, 15) is 13.2 Å². The van der Waals surface area contributed by atoms with E-state index in [1.165, 1.54) is 6.20 Å². The van der Waals surface area contributed by atoms with Crippen LogP contribution in [0.5, 0.6) is 0 Å². The maximum atomic E-state index is 11.9. The van der Waals surface area contributed by atoms with Crippen molar-refractivity contribution in [2.24, 2.45) is 0 Å². The van der Waals surface area contributed by atoms with Crippen LogP contribution in [0.25, 0.3) is 11.5 Å². The zero-order chi connectivity index (χ0) is 13.0. The Morgan fingerprint density at radius 2 is 2.11 bits per heavy atom. The van der Waals surface area contributed by atoms with Crippen molar-refractivity contribution >= 4 is 11.8 Å². The summed E-state index contributed by atoms with van der Waals surface area (Å²) in [6, 6.07) is 3.43. The number of thioether (sulfide) groups is 1. The second kappa shape index (κ2) is 5.38. The molecule has 0 fully saturated rings. The highest BCUT2D eigenvalue weighted by molar-refractivity contribution is 7.99. The molecule has 0 aromatic carbocycles. The Labute approximate surface area is 105 Å². The molecule has 2 heterocycles. The molecule has 0 atom stereocenters. The molecule has 2 rings (SSSR count). The molecule has 2 aromatic heterocycles. The Kier molecular flexibility index (Phi) is 3.85. The topological polar surface area (TPSA) is 51.8 Å². The minimum absolute atomic E-state index is 0.123. The molecule has 0 unspecified atom stereocenters. The molecule has 0 aliphatic rings. The number of nitrogens with zero attached hydrogens (tertiary/aromatic N) is 3. The van der Waals surface area contributed by atoms with Crippen LogP contribution in [0.4, 0.5) is 13.2 Å². The van der Waals surface area contributed by atoms with Gasteiger partial charge in [-0.25, -0.2) is 0 Å². The molecule has 4 nitrogen and oxygen atoms in total. The molecule has 0 bridgehead atoms. The zero-order valence-corrected chi connectivity index (χ0v) is 9.83. The van der Waals surface area contributed by atoms with E-state index in [4.69, 9.17) is 4.42 Å². The minimum Gasteiger partial charge on any atom is -0.411 e. The van der Waals surface area contributed by atoms with Gasteiger partial charge in [0.05, 0.1) is 12.0 Å². The van der Waals surface area contributed by atoms with Crippen LogP contribution in [0.15, 0.2) is 34.2 Å². The smallest absolute Gasteiger partial charge is 0.389 e. The highest BCUT2D eigenvalue weighted by Gasteiger charge is 2.26. The Bertz CT molecular complexity index is 501. The minimum atomic E-state index is -4.17. The summed E-state index contributed by atoms with van der Waals surface area (Å²) >= 11 is 0.882. The number of alkyl halides is 3. The van der Waals surface area contributed by atoms with E-state index in [1.54, 1.807) is 18.3 Å². The Balaban J connectivity index is 1.95. The van der Waals surface area contributed by atoms with Crippen LogP contribution in [0.3, 0.4) is 0 Å². The van der Waals surface area contributed by atoms with Crippen LogP contribution >= 0.6 is 11.8 Å². The standard InChI is InChI=1S/C10H8F3N3OS/c11-10(12,13)3-5-18-9-16-15-8(17-9)7-2-1-4-14-6-7/h1-2,4,6H,3,5H2. The van der Waals surface area contributed by atoms with Gasteiger partial charge in [-0.15, -0.1) is 10.2 Å². The molecule has 0 N–H and O–H groups in total. The fourth-order valence-corrected chi connectivity index (χ4v) is 1.87. The van der Waals surface area contributed by atoms with Gasteiger partial charge in [0, 0.05) is 18.1 Å². The monoisotopic (exact) mass is 275 g/mol. The van der Waals surface area contributed by atoms with Gasteiger partial charge in [0.15, 0.2) is 0 Å². The van der Waals surface area contributed by atoms with Crippen molar-refractivity contribution in [2.45, 2.75) is 17.8 Å². The number of aromatic nitrogens is 3. The van der Waals surface area contributed by atoms with E-state index >= 15 is 0 Å². The quantitative estimate of drug-likeness (QED) is 0.802. The third kappa shape index (κ3) is 3.73. The Hall–Kier alpha value is -1.57. The lowest BCUT2D eigenvalue weighted by Gasteiger charge is -2.02. The van der Waals surface area contributed by atoms with Crippen molar-refractivity contribution in [1.29, 1.82) is 0 Å². The van der Waals surface area contributed by atoms with Gasteiger partial charge in [-0.05, 0) is 12.1 Å². The number of hydrogen-bond acceptors (Lipinski definition) is 5. The van der Waals surface area contributed by atoms with Crippen LogP contribution in [0, 0.1) is 0 Å². The molecule has 0 spiro atoms. The van der Waals surface area contributed by atoms with E-state index in [-0.39, 0.29) is 16.9 Å². The molecule has 0 saturated heterocycles. The van der Waals surface area contributed by atoms with Crippen LogP contribution < -0.4 is 0 Å². The molecule has 0 amide bonds. The first kappa shape index (κ1) is 12.9. The van der Waals surface area contributed by atoms with Crippen molar-refractivity contribution < 1.29 is 17.6 Å². The summed E-state index contributed by atoms with van der Waals surface area (Å²) in [6.07, 6.45) is -1.92. The summed E-state index contributed by atoms with van der Waals surface area (Å²) in [7, 11) is 0. The van der Waals surface area contributed by atoms with E-state index in [0.29, 0.717) is 5.56 Å². The molecular weight excluding hydrogens is 267 g/mol. The maximum absolute atomic E-state index is 11.9. The molecule has 18 heavy (non-hydrogen) atoms. The lowest BCUT2D eigenvalue weighted by atomic mass is 10.3. The third-order valence-corrected chi connectivity index (χ3v) is 2.75. The van der Waals surface area contributed by atoms with Crippen molar-refractivity contribution in [3.05, 3.63) is 24.5 Å². The number of halogens is 3. The molecule has 96 valence electrons. The van der Waals surface area contributed by atoms with Gasteiger partial charge < -0.3 is 4.42 Å². The third-order valence-electron chi connectivity index (χ3n) is 1.93. The first-order valence-corrected chi connectivity index (χ1v) is 5.96. The van der Waals surface area contributed by atoms with E-state index in [2.05, 4.69) is 15.2 Å². The fraction of sp³-hybridized carbons (Fsp3) is 0.300. The largest absolute Gasteiger partial charge is 0.411 e. The van der Waals surface area contributed by atoms with Crippen LogP contribution in [-0.2, 0) is 0 Å². The van der Waals surface area contributed by atoms with Gasteiger partial charge in [0.2, 0.25) is 5.89 Å². The number of pyridine rings is 1. The van der Waals surface area contributed by atoms with Crippen LogP contribution in [0.1, 0.15) is 6.42 Å². The Morgan fingerprint density at radius 1 is 1.28 bits per heavy atom. The first-order valence-electron chi connectivity index (χ1n) is 4.98. The lowest BCUT2D eigenvalue weighted by molar-refractivity contribution is -0.129. The van der Waals surface area contributed by atoms with E-state index in [1.807, 2.05) is 0 Å². The summed E-state index contributed by atoms with van der Waals surface area (Å²) in [4.78, 5) is 3.88. The molecule has 0 radical (unpaired) electrons. The van der Waals surface area contributed by atoms with Crippen molar-refractivity contribution in [3.8, 4) is 11.5 Å². The Morgan fingerprint density at radius 3 is 2.78 bits per heavy atom. The molecule has 0 aliphatic heterocycles. The summed E-state index contributed by atoms with van der Waals surface area (Å²) in [6.45, 7) is 0. The van der Waals surface area contributed by atoms with Crippen molar-refractivity contribution in [2.75, 3.05) is 5.75 Å². The average Bonchev–Trinajstić information content (AvgIpc) is 2.77. The summed E-state index contributed by atoms with van der Waals surface area (Å²) in [5.41, 5.74) is 0.632. The molecule has 2 aromatic rings. The lowest BCUT2D eigenvalue weighted by Crippen LogP contribution is -2.07. The molecular formula is C10H8F3N3OS. The normalized spacial score (nSPS) is 11.7. The van der Waals surface area contributed by atoms with Crippen LogP contribution in [0.2, 0.25) is 0 Å². The van der Waals surface area contributed by atoms with Crippen molar-refractivity contribution in [3.63, 3.8) is 0 Å². The van der Waals surface area contributed by atoms with Gasteiger partial charge >= 0.3 is 6.18 Å². The van der Waals surface area contributed by atoms with Gasteiger partial charge in [-0.3, -0.25) is 4.98 Å². The second-order valence-corrected chi connectivity index (χ2v) is 4.37. The van der Waals surface area contributed by atoms with Gasteiger partial charge in [0.25, 0.3) is 5.22 Å². The molecule has 8 heteroatoms. The second-order valence-electron chi connectivity index (χ2n) is 3.33. The summed E-state index contributed by atoms with van der Waals surface area (Å²) in [5, 5.41) is 7.53. The number of rotatable bonds is 4. The van der Waals surface area contributed by atoms with Gasteiger partial charge in [0.1, 0.15) is 0 Å². The van der Waals surface area contributed by atoms with E-state index in [0.717, 1.165) is 11.8 Å². The summed E-state index contributed by atoms with van der Waals surface area (Å²) in [5.74, 6) is 0.107. The molecule has 0 aliphatic carbocycles. The SMILES string of the molecule is FC(F)(F)CCSc1nnc(-c2cccnc2)o1. The van der Waals surface area contributed by atoms with Crippen LogP contribution in [-0.4, -0.2) is 27.1 Å². The number of hydrogen-bond donors (Lipinski definition) is 0. The highest BCUT2D eigenvalue weighted by atomic mass is 32.2. The predicted octanol–water partition coefficient (Wildman–Crippen LogP) is 3.18.